The lowest BCUT2D eigenvalue weighted by Crippen LogP contribution is -2.43. The first kappa shape index (κ1) is 29.5. The first-order valence-electron chi connectivity index (χ1n) is 14.6. The van der Waals surface area contributed by atoms with E-state index in [9.17, 15) is 23.5 Å². The molecule has 4 N–H and O–H groups in total. The zero-order valence-corrected chi connectivity index (χ0v) is 24.2. The molecule has 3 aromatic heterocycles. The quantitative estimate of drug-likeness (QED) is 0.210. The number of aliphatic hydroxyl groups is 1. The van der Waals surface area contributed by atoms with Crippen LogP contribution in [0.2, 0.25) is 0 Å². The average Bonchev–Trinajstić information content (AvgIpc) is 3.95. The predicted molar refractivity (Wildman–Crippen MR) is 157 cm³/mol. The molecule has 2 aliphatic carbocycles. The number of aromatic nitrogens is 3. The molecule has 2 amide bonds. The second-order valence-electron chi connectivity index (χ2n) is 11.4. The maximum absolute atomic E-state index is 13.8. The smallest absolute Gasteiger partial charge is 0.251 e. The van der Waals surface area contributed by atoms with Gasteiger partial charge in [-0.3, -0.25) is 9.59 Å². The highest BCUT2D eigenvalue weighted by atomic mass is 19.1. The number of carbonyl (C=O) groups is 2. The van der Waals surface area contributed by atoms with Crippen molar-refractivity contribution in [2.75, 3.05) is 26.9 Å². The lowest BCUT2D eigenvalue weighted by atomic mass is 9.90. The summed E-state index contributed by atoms with van der Waals surface area (Å²) in [5.74, 6) is -0.865. The van der Waals surface area contributed by atoms with Crippen LogP contribution in [-0.4, -0.2) is 58.5 Å². The van der Waals surface area contributed by atoms with Gasteiger partial charge in [-0.25, -0.2) is 18.3 Å². The molecule has 0 bridgehead atoms. The Balaban J connectivity index is 1.35. The molecular weight excluding hydrogens is 572 g/mol. The molecule has 0 spiro atoms. The number of benzene rings is 1. The van der Waals surface area contributed by atoms with Crippen LogP contribution in [0, 0.1) is 11.7 Å². The van der Waals surface area contributed by atoms with Gasteiger partial charge in [0.15, 0.2) is 0 Å². The molecule has 1 atom stereocenters. The second-order valence-corrected chi connectivity index (χ2v) is 11.4. The fourth-order valence-corrected chi connectivity index (χ4v) is 5.50. The Bertz CT molecular complexity index is 1720. The van der Waals surface area contributed by atoms with Gasteiger partial charge in [0.1, 0.15) is 36.1 Å². The van der Waals surface area contributed by atoms with Crippen molar-refractivity contribution in [2.45, 2.75) is 43.6 Å². The van der Waals surface area contributed by atoms with Gasteiger partial charge in [-0.2, -0.15) is 5.10 Å². The third-order valence-corrected chi connectivity index (χ3v) is 8.08. The standard InChI is InChI=1S/C32H33F2N5O5/c1-43-28-15-21(12-24-16-25(18-2-3-18)38-39(24)28)31(41)36-17-32(42,22-6-7-22)26-13-20(14-27(35)40)30(44-11-10-33)29(37-26)19-4-8-23(34)9-5-19/h4-5,8-9,12-13,15-16,18,22,42H,2-3,6-7,10-11,14,17H2,1H3,(H2,35,40)(H,36,41)/t32-/m1/s1. The summed E-state index contributed by atoms with van der Waals surface area (Å²) in [4.78, 5) is 30.2. The summed E-state index contributed by atoms with van der Waals surface area (Å²) in [6.07, 6.45) is 3.27. The zero-order valence-electron chi connectivity index (χ0n) is 24.2. The molecule has 2 saturated carbocycles. The summed E-state index contributed by atoms with van der Waals surface area (Å²) in [5, 5.41) is 19.6. The van der Waals surface area contributed by atoms with Gasteiger partial charge in [-0.05, 0) is 74.1 Å². The summed E-state index contributed by atoms with van der Waals surface area (Å²) >= 11 is 0. The van der Waals surface area contributed by atoms with Crippen molar-refractivity contribution in [2.24, 2.45) is 11.7 Å². The van der Waals surface area contributed by atoms with Gasteiger partial charge in [0.05, 0.1) is 37.0 Å². The Morgan fingerprint density at radius 1 is 1.14 bits per heavy atom. The number of nitrogens with one attached hydrogen (secondary N) is 1. The molecule has 3 heterocycles. The van der Waals surface area contributed by atoms with E-state index >= 15 is 0 Å². The molecule has 0 unspecified atom stereocenters. The van der Waals surface area contributed by atoms with Crippen molar-refractivity contribution in [3.05, 3.63) is 76.9 Å². The third kappa shape index (κ3) is 5.94. The highest BCUT2D eigenvalue weighted by Gasteiger charge is 2.47. The van der Waals surface area contributed by atoms with Crippen molar-refractivity contribution in [1.82, 2.24) is 19.9 Å². The van der Waals surface area contributed by atoms with E-state index in [-0.39, 0.29) is 42.6 Å². The number of nitrogens with zero attached hydrogens (tertiary/aromatic N) is 3. The van der Waals surface area contributed by atoms with Gasteiger partial charge in [-0.15, -0.1) is 0 Å². The van der Waals surface area contributed by atoms with E-state index in [1.165, 1.54) is 37.4 Å². The topological polar surface area (TPSA) is 141 Å². The fraction of sp³-hybridized carbons (Fsp3) is 0.375. The number of hydrogen-bond donors (Lipinski definition) is 3. The molecule has 0 aliphatic heterocycles. The number of pyridine rings is 2. The van der Waals surface area contributed by atoms with Crippen molar-refractivity contribution in [1.29, 1.82) is 0 Å². The van der Waals surface area contributed by atoms with Crippen LogP contribution in [0.15, 0.2) is 48.5 Å². The molecule has 6 rings (SSSR count). The average molecular weight is 606 g/mol. The van der Waals surface area contributed by atoms with Crippen LogP contribution in [0.3, 0.4) is 0 Å². The number of carbonyl (C=O) groups excluding carboxylic acids is 2. The largest absolute Gasteiger partial charge is 0.488 e. The minimum Gasteiger partial charge on any atom is -0.488 e. The highest BCUT2D eigenvalue weighted by molar-refractivity contribution is 5.95. The van der Waals surface area contributed by atoms with E-state index in [1.54, 1.807) is 16.6 Å². The number of alkyl halides is 1. The predicted octanol–water partition coefficient (Wildman–Crippen LogP) is 3.83. The van der Waals surface area contributed by atoms with Crippen molar-refractivity contribution in [3.8, 4) is 22.9 Å². The van der Waals surface area contributed by atoms with Gasteiger partial charge in [0.2, 0.25) is 11.8 Å². The molecule has 4 aromatic rings. The van der Waals surface area contributed by atoms with Gasteiger partial charge < -0.3 is 25.6 Å². The van der Waals surface area contributed by atoms with Crippen LogP contribution in [0.4, 0.5) is 8.78 Å². The lowest BCUT2D eigenvalue weighted by Gasteiger charge is -2.30. The molecule has 44 heavy (non-hydrogen) atoms. The SMILES string of the molecule is COc1cc(C(=O)NC[C@](O)(c2cc(CC(N)=O)c(OCCF)c(-c3ccc(F)cc3)n2)C2CC2)cc2cc(C3CC3)nn12. The molecule has 0 saturated heterocycles. The van der Waals surface area contributed by atoms with Crippen molar-refractivity contribution < 1.29 is 33.0 Å². The zero-order chi connectivity index (χ0) is 31.0. The van der Waals surface area contributed by atoms with Crippen LogP contribution < -0.4 is 20.5 Å². The minimum absolute atomic E-state index is 0.116. The maximum atomic E-state index is 13.8. The second kappa shape index (κ2) is 11.8. The first-order valence-corrected chi connectivity index (χ1v) is 14.6. The van der Waals surface area contributed by atoms with Gasteiger partial charge in [0.25, 0.3) is 5.91 Å². The number of amides is 2. The van der Waals surface area contributed by atoms with Gasteiger partial charge in [0, 0.05) is 28.7 Å². The van der Waals surface area contributed by atoms with Gasteiger partial charge >= 0.3 is 0 Å². The molecule has 2 fully saturated rings. The molecule has 1 aromatic carbocycles. The molecule has 2 aliphatic rings. The summed E-state index contributed by atoms with van der Waals surface area (Å²) in [6.45, 7) is -1.29. The highest BCUT2D eigenvalue weighted by Crippen LogP contribution is 2.47. The van der Waals surface area contributed by atoms with E-state index in [2.05, 4.69) is 10.4 Å². The van der Waals surface area contributed by atoms with Gasteiger partial charge in [-0.1, -0.05) is 0 Å². The number of hydrogen-bond acceptors (Lipinski definition) is 7. The lowest BCUT2D eigenvalue weighted by molar-refractivity contribution is -0.117. The number of fused-ring (bicyclic) bond motifs is 1. The molecular formula is C32H33F2N5O5. The molecule has 230 valence electrons. The maximum Gasteiger partial charge on any atom is 0.251 e. The number of halogens is 2. The van der Waals surface area contributed by atoms with Crippen LogP contribution in [0.5, 0.6) is 11.6 Å². The third-order valence-electron chi connectivity index (χ3n) is 8.08. The van der Waals surface area contributed by atoms with Crippen LogP contribution in [0.25, 0.3) is 16.8 Å². The number of ether oxygens (including phenoxy) is 2. The van der Waals surface area contributed by atoms with E-state index in [1.807, 2.05) is 6.07 Å². The van der Waals surface area contributed by atoms with E-state index in [0.29, 0.717) is 41.3 Å². The van der Waals surface area contributed by atoms with Crippen LogP contribution in [-0.2, 0) is 16.8 Å². The Morgan fingerprint density at radius 2 is 1.89 bits per heavy atom. The van der Waals surface area contributed by atoms with Crippen molar-refractivity contribution in [3.63, 3.8) is 0 Å². The van der Waals surface area contributed by atoms with Crippen LogP contribution in [0.1, 0.15) is 58.9 Å². The minimum atomic E-state index is -1.63. The van der Waals surface area contributed by atoms with E-state index in [0.717, 1.165) is 24.1 Å². The summed E-state index contributed by atoms with van der Waals surface area (Å²) in [5.41, 5.74) is 7.02. The Kier molecular flexibility index (Phi) is 7.93. The Labute approximate surface area is 252 Å². The number of methoxy groups -OCH3 is 1. The Morgan fingerprint density at radius 3 is 2.52 bits per heavy atom. The van der Waals surface area contributed by atoms with Crippen molar-refractivity contribution >= 4 is 17.3 Å². The fourth-order valence-electron chi connectivity index (χ4n) is 5.50. The first-order chi connectivity index (χ1) is 21.2. The Hall–Kier alpha value is -4.58. The van der Waals surface area contributed by atoms with Crippen LogP contribution >= 0.6 is 0 Å². The van der Waals surface area contributed by atoms with E-state index < -0.39 is 29.9 Å². The molecule has 12 heteroatoms. The molecule has 0 radical (unpaired) electrons. The summed E-state index contributed by atoms with van der Waals surface area (Å²) < 4.78 is 39.8. The molecule has 10 nitrogen and oxygen atoms in total. The number of nitrogens with two attached hydrogens (primary N) is 1. The number of primary amides is 1. The number of rotatable bonds is 13. The monoisotopic (exact) mass is 605 g/mol. The normalized spacial score (nSPS) is 16.0. The van der Waals surface area contributed by atoms with E-state index in [4.69, 9.17) is 20.2 Å². The summed E-state index contributed by atoms with van der Waals surface area (Å²) in [6, 6.07) is 12.2. The summed E-state index contributed by atoms with van der Waals surface area (Å²) in [7, 11) is 1.51.